The summed E-state index contributed by atoms with van der Waals surface area (Å²) in [5.74, 6) is 0.770. The predicted octanol–water partition coefficient (Wildman–Crippen LogP) is 4.36. The Morgan fingerprint density at radius 1 is 0.955 bits per heavy atom. The summed E-state index contributed by atoms with van der Waals surface area (Å²) in [7, 11) is 0. The van der Waals surface area contributed by atoms with Crippen LogP contribution in [0.5, 0.6) is 0 Å². The molecule has 0 aliphatic heterocycles. The van der Waals surface area contributed by atoms with Crippen LogP contribution in [-0.2, 0) is 4.79 Å². The fourth-order valence-corrected chi connectivity index (χ4v) is 5.56. The number of carbonyl (C=O) groups excluding carboxylic acids is 1. The van der Waals surface area contributed by atoms with Gasteiger partial charge in [0, 0.05) is 29.5 Å². The van der Waals surface area contributed by atoms with Gasteiger partial charge in [0.25, 0.3) is 0 Å². The fraction of sp³-hybridized carbons (Fsp3) is 0.706. The third-order valence-corrected chi connectivity index (χ3v) is 6.42. The molecule has 1 amide bonds. The number of hydrogen-bond donors (Lipinski definition) is 1. The molecule has 0 unspecified atom stereocenters. The van der Waals surface area contributed by atoms with Gasteiger partial charge in [0.15, 0.2) is 0 Å². The molecule has 1 N–H and O–H groups in total. The molecule has 5 aliphatic carbocycles. The largest absolute Gasteiger partial charge is 0.349 e. The summed E-state index contributed by atoms with van der Waals surface area (Å²) in [5, 5.41) is 3.24. The van der Waals surface area contributed by atoms with E-state index in [4.69, 9.17) is 11.6 Å². The average molecular weight is 328 g/mol. The number of rotatable bonds is 2. The highest BCUT2D eigenvalue weighted by Crippen LogP contribution is 2.53. The molecule has 5 rings (SSSR count). The van der Waals surface area contributed by atoms with E-state index in [1.807, 2.05) is 0 Å². The minimum absolute atomic E-state index is 0.139. The highest BCUT2D eigenvalue weighted by atomic mass is 35.5. The molecule has 0 atom stereocenters. The molecular formula is C17H20ClF2NO. The highest BCUT2D eigenvalue weighted by Gasteiger charge is 2.48. The van der Waals surface area contributed by atoms with E-state index in [9.17, 15) is 13.6 Å². The van der Waals surface area contributed by atoms with Crippen molar-refractivity contribution in [3.8, 4) is 0 Å². The third kappa shape index (κ3) is 2.40. The summed E-state index contributed by atoms with van der Waals surface area (Å²) in [4.78, 5) is 12.5. The summed E-state index contributed by atoms with van der Waals surface area (Å²) >= 11 is 5.98. The summed E-state index contributed by atoms with van der Waals surface area (Å²) in [6.07, 6.45) is 5.56. The van der Waals surface area contributed by atoms with Crippen molar-refractivity contribution in [3.63, 3.8) is 0 Å². The normalized spacial score (nSPS) is 40.4. The van der Waals surface area contributed by atoms with Gasteiger partial charge in [-0.05, 0) is 55.8 Å². The molecule has 2 nitrogen and oxygen atoms in total. The Kier molecular flexibility index (Phi) is 3.55. The quantitative estimate of drug-likeness (QED) is 0.802. The Morgan fingerprint density at radius 3 is 2.09 bits per heavy atom. The van der Waals surface area contributed by atoms with E-state index in [-0.39, 0.29) is 35.4 Å². The van der Waals surface area contributed by atoms with Gasteiger partial charge in [0.2, 0.25) is 5.91 Å². The maximum atomic E-state index is 13.5. The van der Waals surface area contributed by atoms with E-state index in [1.165, 1.54) is 32.1 Å². The zero-order chi connectivity index (χ0) is 15.4. The number of nitrogens with one attached hydrogen (secondary N) is 1. The van der Waals surface area contributed by atoms with Crippen LogP contribution in [-0.4, -0.2) is 11.9 Å². The molecule has 5 heteroatoms. The molecule has 0 spiro atoms. The Balaban J connectivity index is 1.48. The van der Waals surface area contributed by atoms with Crippen LogP contribution in [0.3, 0.4) is 0 Å². The van der Waals surface area contributed by atoms with E-state index >= 15 is 0 Å². The molecule has 0 saturated heterocycles. The average Bonchev–Trinajstić information content (AvgIpc) is 2.45. The van der Waals surface area contributed by atoms with Gasteiger partial charge in [-0.1, -0.05) is 11.6 Å². The Labute approximate surface area is 134 Å². The summed E-state index contributed by atoms with van der Waals surface area (Å²) in [6, 6.07) is 0.191. The minimum atomic E-state index is -0.861. The monoisotopic (exact) mass is 327 g/mol. The first-order chi connectivity index (χ1) is 10.5. The van der Waals surface area contributed by atoms with Crippen LogP contribution in [0.4, 0.5) is 8.78 Å². The van der Waals surface area contributed by atoms with Crippen molar-refractivity contribution in [3.05, 3.63) is 22.3 Å². The summed E-state index contributed by atoms with van der Waals surface area (Å²) in [6.45, 7) is 0. The predicted molar refractivity (Wildman–Crippen MR) is 80.3 cm³/mol. The molecular weight excluding hydrogens is 308 g/mol. The minimum Gasteiger partial charge on any atom is -0.349 e. The Hall–Kier alpha value is -0.900. The Bertz CT molecular complexity index is 555. The second-order valence-corrected chi connectivity index (χ2v) is 7.93. The standard InChI is InChI=1S/C17H20ClF2NO/c18-13-7-15(20)14(19)6-12(13)17(22)21-16-10-2-8-1-9(4-10)5-11(16)3-8/h8-11,16H,1-7H2,(H,21,22). The molecule has 22 heavy (non-hydrogen) atoms. The number of amides is 1. The summed E-state index contributed by atoms with van der Waals surface area (Å²) < 4.78 is 26.7. The maximum Gasteiger partial charge on any atom is 0.249 e. The molecule has 4 bridgehead atoms. The van der Waals surface area contributed by atoms with Crippen LogP contribution in [0.1, 0.15) is 44.9 Å². The zero-order valence-corrected chi connectivity index (χ0v) is 13.1. The first-order valence-electron chi connectivity index (χ1n) is 8.22. The van der Waals surface area contributed by atoms with Crippen LogP contribution < -0.4 is 5.32 Å². The van der Waals surface area contributed by atoms with Gasteiger partial charge in [-0.25, -0.2) is 8.78 Å². The van der Waals surface area contributed by atoms with Crippen LogP contribution in [0.2, 0.25) is 0 Å². The first-order valence-corrected chi connectivity index (χ1v) is 8.60. The van der Waals surface area contributed by atoms with Gasteiger partial charge in [-0.3, -0.25) is 4.79 Å². The summed E-state index contributed by atoms with van der Waals surface area (Å²) in [5.41, 5.74) is 0.203. The topological polar surface area (TPSA) is 29.1 Å². The van der Waals surface area contributed by atoms with E-state index in [2.05, 4.69) is 5.32 Å². The van der Waals surface area contributed by atoms with Crippen LogP contribution in [0.25, 0.3) is 0 Å². The first kappa shape index (κ1) is 14.7. The van der Waals surface area contributed by atoms with E-state index < -0.39 is 11.7 Å². The maximum absolute atomic E-state index is 13.5. The lowest BCUT2D eigenvalue weighted by molar-refractivity contribution is -0.121. The molecule has 5 aliphatic rings. The van der Waals surface area contributed by atoms with E-state index in [0.29, 0.717) is 11.8 Å². The van der Waals surface area contributed by atoms with Crippen molar-refractivity contribution in [2.45, 2.75) is 51.0 Å². The number of hydrogen-bond acceptors (Lipinski definition) is 1. The van der Waals surface area contributed by atoms with Crippen molar-refractivity contribution in [1.82, 2.24) is 5.32 Å². The van der Waals surface area contributed by atoms with Crippen molar-refractivity contribution in [2.24, 2.45) is 23.7 Å². The number of carbonyl (C=O) groups is 1. The second kappa shape index (κ2) is 5.33. The molecule has 0 heterocycles. The molecule has 120 valence electrons. The van der Waals surface area contributed by atoms with E-state index in [0.717, 1.165) is 11.8 Å². The Morgan fingerprint density at radius 2 is 1.50 bits per heavy atom. The van der Waals surface area contributed by atoms with Crippen molar-refractivity contribution >= 4 is 17.5 Å². The lowest BCUT2D eigenvalue weighted by Gasteiger charge is -2.54. The van der Waals surface area contributed by atoms with Crippen LogP contribution >= 0.6 is 11.6 Å². The molecule has 0 aromatic rings. The van der Waals surface area contributed by atoms with Crippen LogP contribution in [0.15, 0.2) is 22.3 Å². The highest BCUT2D eigenvalue weighted by molar-refractivity contribution is 6.32. The number of halogens is 3. The molecule has 0 radical (unpaired) electrons. The lowest BCUT2D eigenvalue weighted by atomic mass is 9.54. The van der Waals surface area contributed by atoms with Gasteiger partial charge in [-0.15, -0.1) is 0 Å². The van der Waals surface area contributed by atoms with Gasteiger partial charge < -0.3 is 5.32 Å². The molecule has 4 saturated carbocycles. The zero-order valence-electron chi connectivity index (χ0n) is 12.4. The molecule has 0 aromatic carbocycles. The van der Waals surface area contributed by atoms with Crippen molar-refractivity contribution in [1.29, 1.82) is 0 Å². The van der Waals surface area contributed by atoms with Gasteiger partial charge >= 0.3 is 0 Å². The van der Waals surface area contributed by atoms with Crippen LogP contribution in [0, 0.1) is 23.7 Å². The van der Waals surface area contributed by atoms with Crippen molar-refractivity contribution in [2.75, 3.05) is 0 Å². The fourth-order valence-electron chi connectivity index (χ4n) is 5.29. The third-order valence-electron chi connectivity index (χ3n) is 6.06. The van der Waals surface area contributed by atoms with Gasteiger partial charge in [-0.2, -0.15) is 0 Å². The van der Waals surface area contributed by atoms with Gasteiger partial charge in [0.05, 0.1) is 0 Å². The number of allylic oxidation sites excluding steroid dienone is 3. The van der Waals surface area contributed by atoms with Crippen molar-refractivity contribution < 1.29 is 13.6 Å². The smallest absolute Gasteiger partial charge is 0.249 e. The van der Waals surface area contributed by atoms with Gasteiger partial charge in [0.1, 0.15) is 11.7 Å². The second-order valence-electron chi connectivity index (χ2n) is 7.48. The van der Waals surface area contributed by atoms with E-state index in [1.54, 1.807) is 0 Å². The molecule has 0 aromatic heterocycles. The lowest BCUT2D eigenvalue weighted by Crippen LogP contribution is -2.56. The SMILES string of the molecule is O=C(NC1C2CC3CC(C2)CC1C3)C1=C(Cl)CC(F)=C(F)C1. The molecule has 4 fully saturated rings.